The van der Waals surface area contributed by atoms with E-state index < -0.39 is 6.10 Å². The van der Waals surface area contributed by atoms with E-state index in [2.05, 4.69) is 81.5 Å². The lowest BCUT2D eigenvalue weighted by molar-refractivity contribution is -0.167. The SMILES string of the molecule is CCCC/C=C\C=C/CCCCCC(=O)OCC(COC(=O)CCCCCCC/C=C\C=C/CCCCCCCCC)OC(=O)CCCCCCCCC/C=C\CCCCCC. The van der Waals surface area contributed by atoms with Crippen LogP contribution in [0.5, 0.6) is 0 Å². The van der Waals surface area contributed by atoms with Crippen LogP contribution in [0.2, 0.25) is 0 Å². The first kappa shape index (κ1) is 59.1. The van der Waals surface area contributed by atoms with Gasteiger partial charge in [0.25, 0.3) is 0 Å². The Morgan fingerprint density at radius 3 is 0.984 bits per heavy atom. The van der Waals surface area contributed by atoms with Gasteiger partial charge in [-0.05, 0) is 89.9 Å². The second-order valence-corrected chi connectivity index (χ2v) is 17.5. The summed E-state index contributed by atoms with van der Waals surface area (Å²) >= 11 is 0. The van der Waals surface area contributed by atoms with Crippen LogP contribution in [0.25, 0.3) is 0 Å². The zero-order valence-corrected chi connectivity index (χ0v) is 40.9. The minimum Gasteiger partial charge on any atom is -0.462 e. The second-order valence-electron chi connectivity index (χ2n) is 17.5. The van der Waals surface area contributed by atoms with Gasteiger partial charge in [0.15, 0.2) is 6.10 Å². The van der Waals surface area contributed by atoms with Gasteiger partial charge in [-0.1, -0.05) is 210 Å². The quantitative estimate of drug-likeness (QED) is 0.0199. The molecule has 0 amide bonds. The Morgan fingerprint density at radius 1 is 0.323 bits per heavy atom. The first-order valence-electron chi connectivity index (χ1n) is 26.3. The summed E-state index contributed by atoms with van der Waals surface area (Å²) in [5.74, 6) is -0.935. The molecule has 0 aliphatic heterocycles. The molecule has 0 aliphatic rings. The third-order valence-electron chi connectivity index (χ3n) is 11.3. The zero-order chi connectivity index (χ0) is 45.1. The second kappa shape index (κ2) is 50.8. The maximum Gasteiger partial charge on any atom is 0.306 e. The summed E-state index contributed by atoms with van der Waals surface area (Å²) in [5.41, 5.74) is 0. The molecule has 62 heavy (non-hydrogen) atoms. The van der Waals surface area contributed by atoms with Crippen LogP contribution in [0, 0.1) is 0 Å². The number of rotatable bonds is 47. The van der Waals surface area contributed by atoms with E-state index in [1.54, 1.807) is 0 Å². The van der Waals surface area contributed by atoms with Gasteiger partial charge in [-0.25, -0.2) is 0 Å². The van der Waals surface area contributed by atoms with Gasteiger partial charge in [0.2, 0.25) is 0 Å². The lowest BCUT2D eigenvalue weighted by Crippen LogP contribution is -2.30. The summed E-state index contributed by atoms with van der Waals surface area (Å²) in [5, 5.41) is 0. The van der Waals surface area contributed by atoms with Crippen LogP contribution in [0.4, 0.5) is 0 Å². The smallest absolute Gasteiger partial charge is 0.306 e. The van der Waals surface area contributed by atoms with Crippen molar-refractivity contribution in [1.29, 1.82) is 0 Å². The minimum absolute atomic E-state index is 0.0923. The standard InChI is InChI=1S/C56H98O6/c1-4-7-10-13-16-19-22-24-26-27-28-30-31-34-37-40-43-46-49-55(58)61-52-53(51-60-54(57)48-45-42-39-36-33-21-18-15-12-9-6-3)62-56(59)50-47-44-41-38-35-32-29-25-23-20-17-14-11-8-5-2/h15,18,20-21,23,26-28,30,33,53H,4-14,16-17,19,22,24-25,29,31-32,34-52H2,1-3H3/b18-15-,23-20-,27-26-,30-28-,33-21-. The van der Waals surface area contributed by atoms with Gasteiger partial charge < -0.3 is 14.2 Å². The Hall–Kier alpha value is -2.89. The maximum absolute atomic E-state index is 12.8. The van der Waals surface area contributed by atoms with Crippen molar-refractivity contribution in [2.24, 2.45) is 0 Å². The van der Waals surface area contributed by atoms with E-state index >= 15 is 0 Å². The van der Waals surface area contributed by atoms with E-state index in [1.807, 2.05) is 0 Å². The Bertz CT molecular complexity index is 1130. The number of unbranched alkanes of at least 4 members (excludes halogenated alkanes) is 28. The molecule has 6 nitrogen and oxygen atoms in total. The molecule has 6 heteroatoms. The number of allylic oxidation sites excluding steroid dienone is 10. The summed E-state index contributed by atoms with van der Waals surface area (Å²) in [6.45, 7) is 6.53. The Morgan fingerprint density at radius 2 is 0.597 bits per heavy atom. The van der Waals surface area contributed by atoms with Crippen LogP contribution in [-0.4, -0.2) is 37.2 Å². The zero-order valence-electron chi connectivity index (χ0n) is 40.9. The molecular weight excluding hydrogens is 769 g/mol. The van der Waals surface area contributed by atoms with Gasteiger partial charge in [-0.2, -0.15) is 0 Å². The lowest BCUT2D eigenvalue weighted by Gasteiger charge is -2.18. The van der Waals surface area contributed by atoms with E-state index in [9.17, 15) is 14.4 Å². The fourth-order valence-corrected chi connectivity index (χ4v) is 7.23. The predicted octanol–water partition coefficient (Wildman–Crippen LogP) is 17.3. The number of hydrogen-bond donors (Lipinski definition) is 0. The monoisotopic (exact) mass is 867 g/mol. The van der Waals surface area contributed by atoms with E-state index in [1.165, 1.54) is 128 Å². The molecule has 0 saturated carbocycles. The fraction of sp³-hybridized carbons (Fsp3) is 0.768. The molecule has 0 fully saturated rings. The third kappa shape index (κ3) is 48.1. The highest BCUT2D eigenvalue weighted by Crippen LogP contribution is 2.14. The van der Waals surface area contributed by atoms with E-state index in [0.717, 1.165) is 89.9 Å². The molecule has 0 rings (SSSR count). The topological polar surface area (TPSA) is 78.9 Å². The van der Waals surface area contributed by atoms with Crippen molar-refractivity contribution in [2.75, 3.05) is 13.2 Å². The highest BCUT2D eigenvalue weighted by molar-refractivity contribution is 5.71. The van der Waals surface area contributed by atoms with E-state index in [4.69, 9.17) is 14.2 Å². The summed E-state index contributed by atoms with van der Waals surface area (Å²) < 4.78 is 16.8. The Labute approximate surface area is 383 Å². The van der Waals surface area contributed by atoms with Crippen molar-refractivity contribution < 1.29 is 28.6 Å². The van der Waals surface area contributed by atoms with Crippen LogP contribution in [0.3, 0.4) is 0 Å². The van der Waals surface area contributed by atoms with Gasteiger partial charge in [-0.3, -0.25) is 14.4 Å². The number of hydrogen-bond acceptors (Lipinski definition) is 6. The minimum atomic E-state index is -0.792. The molecule has 1 unspecified atom stereocenters. The molecule has 0 heterocycles. The molecular formula is C56H98O6. The number of carbonyl (C=O) groups excluding carboxylic acids is 3. The van der Waals surface area contributed by atoms with Crippen molar-refractivity contribution >= 4 is 17.9 Å². The molecule has 0 N–H and O–H groups in total. The van der Waals surface area contributed by atoms with Gasteiger partial charge in [0.1, 0.15) is 13.2 Å². The van der Waals surface area contributed by atoms with Gasteiger partial charge in [0, 0.05) is 19.3 Å². The number of ether oxygens (including phenoxy) is 3. The largest absolute Gasteiger partial charge is 0.462 e. The normalized spacial score (nSPS) is 12.5. The van der Waals surface area contributed by atoms with Crippen LogP contribution < -0.4 is 0 Å². The molecule has 0 aromatic rings. The van der Waals surface area contributed by atoms with Crippen molar-refractivity contribution in [3.05, 3.63) is 60.8 Å². The lowest BCUT2D eigenvalue weighted by atomic mass is 10.1. The molecule has 0 bridgehead atoms. The van der Waals surface area contributed by atoms with Crippen LogP contribution in [-0.2, 0) is 28.6 Å². The number of esters is 3. The molecule has 0 aliphatic carbocycles. The van der Waals surface area contributed by atoms with Gasteiger partial charge in [-0.15, -0.1) is 0 Å². The third-order valence-corrected chi connectivity index (χ3v) is 11.3. The Balaban J connectivity index is 4.40. The van der Waals surface area contributed by atoms with Gasteiger partial charge in [0.05, 0.1) is 0 Å². The first-order valence-corrected chi connectivity index (χ1v) is 26.3. The predicted molar refractivity (Wildman–Crippen MR) is 265 cm³/mol. The summed E-state index contributed by atoms with van der Waals surface area (Å²) in [4.78, 5) is 37.9. The van der Waals surface area contributed by atoms with E-state index in [-0.39, 0.29) is 31.1 Å². The molecule has 1 atom stereocenters. The van der Waals surface area contributed by atoms with E-state index in [0.29, 0.717) is 19.3 Å². The highest BCUT2D eigenvalue weighted by Gasteiger charge is 2.19. The van der Waals surface area contributed by atoms with Crippen LogP contribution in [0.1, 0.15) is 258 Å². The highest BCUT2D eigenvalue weighted by atomic mass is 16.6. The van der Waals surface area contributed by atoms with Gasteiger partial charge >= 0.3 is 17.9 Å². The summed E-state index contributed by atoms with van der Waals surface area (Å²) in [6.07, 6.45) is 62.0. The average Bonchev–Trinajstić information content (AvgIpc) is 3.27. The van der Waals surface area contributed by atoms with Crippen molar-refractivity contribution in [3.63, 3.8) is 0 Å². The maximum atomic E-state index is 12.8. The first-order chi connectivity index (χ1) is 30.5. The van der Waals surface area contributed by atoms with Crippen molar-refractivity contribution in [1.82, 2.24) is 0 Å². The average molecular weight is 867 g/mol. The summed E-state index contributed by atoms with van der Waals surface area (Å²) in [6, 6.07) is 0. The van der Waals surface area contributed by atoms with Crippen molar-refractivity contribution in [2.45, 2.75) is 264 Å². The number of carbonyl (C=O) groups is 3. The fourth-order valence-electron chi connectivity index (χ4n) is 7.23. The Kier molecular flexibility index (Phi) is 48.4. The molecule has 0 saturated heterocycles. The molecule has 358 valence electrons. The van der Waals surface area contributed by atoms with Crippen molar-refractivity contribution in [3.8, 4) is 0 Å². The van der Waals surface area contributed by atoms with Crippen LogP contribution >= 0.6 is 0 Å². The van der Waals surface area contributed by atoms with Crippen LogP contribution in [0.15, 0.2) is 60.8 Å². The molecule has 0 aromatic carbocycles. The molecule has 0 spiro atoms. The summed E-state index contributed by atoms with van der Waals surface area (Å²) in [7, 11) is 0. The molecule has 0 aromatic heterocycles. The molecule has 0 radical (unpaired) electrons.